The lowest BCUT2D eigenvalue weighted by molar-refractivity contribution is 0.0935. The van der Waals surface area contributed by atoms with Crippen LogP contribution in [-0.2, 0) is 6.42 Å². The minimum absolute atomic E-state index is 0.00197. The molecule has 2 aromatic heterocycles. The van der Waals surface area contributed by atoms with Crippen molar-refractivity contribution in [2.45, 2.75) is 6.42 Å². The van der Waals surface area contributed by atoms with E-state index in [1.54, 1.807) is 29.5 Å². The Balaban J connectivity index is 1.58. The van der Waals surface area contributed by atoms with Crippen LogP contribution in [0.1, 0.15) is 15.4 Å². The number of aliphatic hydroxyl groups is 1. The predicted molar refractivity (Wildman–Crippen MR) is 94.9 cm³/mol. The second-order valence-corrected chi connectivity index (χ2v) is 6.75. The Morgan fingerprint density at radius 1 is 1.32 bits per heavy atom. The predicted octanol–water partition coefficient (Wildman–Crippen LogP) is 2.86. The summed E-state index contributed by atoms with van der Waals surface area (Å²) in [6, 6.07) is 11.5. The van der Waals surface area contributed by atoms with Gasteiger partial charge in [0.2, 0.25) is 0 Å². The van der Waals surface area contributed by atoms with Crippen LogP contribution in [0.4, 0.5) is 4.39 Å². The summed E-state index contributed by atoms with van der Waals surface area (Å²) in [6.07, 6.45) is 0.720. The van der Waals surface area contributed by atoms with E-state index in [0.717, 1.165) is 12.0 Å². The number of rotatable bonds is 7. The zero-order valence-electron chi connectivity index (χ0n) is 13.4. The molecular formula is C18H18FN3O2S. The van der Waals surface area contributed by atoms with Crippen LogP contribution >= 0.6 is 11.3 Å². The molecule has 0 aliphatic carbocycles. The lowest BCUT2D eigenvalue weighted by Gasteiger charge is -2.13. The number of carbonyl (C=O) groups is 1. The van der Waals surface area contributed by atoms with Crippen molar-refractivity contribution >= 4 is 17.2 Å². The highest BCUT2D eigenvalue weighted by Gasteiger charge is 2.14. The van der Waals surface area contributed by atoms with Crippen molar-refractivity contribution in [2.24, 2.45) is 5.92 Å². The minimum atomic E-state index is -0.321. The van der Waals surface area contributed by atoms with Gasteiger partial charge in [0.05, 0.1) is 5.69 Å². The molecule has 0 aliphatic rings. The monoisotopic (exact) mass is 359 g/mol. The molecule has 1 atom stereocenters. The molecule has 5 nitrogen and oxygen atoms in total. The molecule has 130 valence electrons. The Bertz CT molecular complexity index is 815. The van der Waals surface area contributed by atoms with E-state index in [1.807, 2.05) is 17.5 Å². The highest BCUT2D eigenvalue weighted by molar-refractivity contribution is 7.09. The molecule has 3 N–H and O–H groups in total. The average Bonchev–Trinajstić information content (AvgIpc) is 3.30. The lowest BCUT2D eigenvalue weighted by Crippen LogP contribution is -2.31. The van der Waals surface area contributed by atoms with Gasteiger partial charge in [-0.25, -0.2) is 4.39 Å². The van der Waals surface area contributed by atoms with Gasteiger partial charge in [-0.15, -0.1) is 11.3 Å². The first-order valence-electron chi connectivity index (χ1n) is 7.88. The van der Waals surface area contributed by atoms with Crippen LogP contribution in [0.5, 0.6) is 0 Å². The number of hydrogen-bond donors (Lipinski definition) is 3. The fourth-order valence-electron chi connectivity index (χ4n) is 2.45. The van der Waals surface area contributed by atoms with E-state index in [1.165, 1.54) is 17.0 Å². The molecule has 25 heavy (non-hydrogen) atoms. The largest absolute Gasteiger partial charge is 0.396 e. The van der Waals surface area contributed by atoms with E-state index < -0.39 is 0 Å². The number of carbonyl (C=O) groups excluding carboxylic acids is 1. The maximum atomic E-state index is 13.0. The second-order valence-electron chi connectivity index (χ2n) is 5.72. The van der Waals surface area contributed by atoms with E-state index in [-0.39, 0.29) is 24.2 Å². The molecule has 0 fully saturated rings. The summed E-state index contributed by atoms with van der Waals surface area (Å²) in [5.74, 6) is -0.648. The fourth-order valence-corrected chi connectivity index (χ4v) is 3.27. The van der Waals surface area contributed by atoms with Gasteiger partial charge >= 0.3 is 0 Å². The number of aromatic nitrogens is 2. The minimum Gasteiger partial charge on any atom is -0.396 e. The molecule has 0 spiro atoms. The second kappa shape index (κ2) is 8.04. The summed E-state index contributed by atoms with van der Waals surface area (Å²) in [7, 11) is 0. The summed E-state index contributed by atoms with van der Waals surface area (Å²) in [5, 5.41) is 21.1. The zero-order chi connectivity index (χ0) is 17.6. The number of aliphatic hydroxyl groups excluding tert-OH is 1. The van der Waals surface area contributed by atoms with Crippen molar-refractivity contribution in [1.82, 2.24) is 15.5 Å². The molecular weight excluding hydrogens is 341 g/mol. The standard InChI is InChI=1S/C18H18FN3O2S/c19-14-5-3-13(4-6-14)16-9-17(22-21-16)18(24)20-10-12(11-23)8-15-2-1-7-25-15/h1-7,9,12,23H,8,10-11H2,(H,20,24)(H,21,22)/t12-/m0/s1. The summed E-state index contributed by atoms with van der Waals surface area (Å²) in [5.41, 5.74) is 1.62. The highest BCUT2D eigenvalue weighted by Crippen LogP contribution is 2.18. The van der Waals surface area contributed by atoms with Crippen LogP contribution in [0.3, 0.4) is 0 Å². The van der Waals surface area contributed by atoms with Gasteiger partial charge in [-0.05, 0) is 48.2 Å². The number of halogens is 1. The first kappa shape index (κ1) is 17.3. The highest BCUT2D eigenvalue weighted by atomic mass is 32.1. The number of nitrogens with zero attached hydrogens (tertiary/aromatic N) is 1. The van der Waals surface area contributed by atoms with Crippen LogP contribution in [0.25, 0.3) is 11.3 Å². The maximum Gasteiger partial charge on any atom is 0.269 e. The number of H-pyrrole nitrogens is 1. The number of benzene rings is 1. The van der Waals surface area contributed by atoms with Gasteiger partial charge in [-0.3, -0.25) is 9.89 Å². The number of thiophene rings is 1. The van der Waals surface area contributed by atoms with E-state index in [9.17, 15) is 14.3 Å². The van der Waals surface area contributed by atoms with Crippen molar-refractivity contribution in [1.29, 1.82) is 0 Å². The van der Waals surface area contributed by atoms with Crippen LogP contribution in [0.15, 0.2) is 47.8 Å². The van der Waals surface area contributed by atoms with Gasteiger partial charge in [-0.1, -0.05) is 6.07 Å². The first-order valence-corrected chi connectivity index (χ1v) is 8.76. The lowest BCUT2D eigenvalue weighted by atomic mass is 10.1. The Morgan fingerprint density at radius 3 is 2.80 bits per heavy atom. The van der Waals surface area contributed by atoms with Crippen molar-refractivity contribution in [2.75, 3.05) is 13.2 Å². The molecule has 1 aromatic carbocycles. The third-order valence-corrected chi connectivity index (χ3v) is 4.74. The quantitative estimate of drug-likeness (QED) is 0.607. The Kier molecular flexibility index (Phi) is 5.57. The van der Waals surface area contributed by atoms with Gasteiger partial charge in [0.1, 0.15) is 11.5 Å². The smallest absolute Gasteiger partial charge is 0.269 e. The third kappa shape index (κ3) is 4.52. The van der Waals surface area contributed by atoms with Crippen LogP contribution in [0.2, 0.25) is 0 Å². The first-order chi connectivity index (χ1) is 12.2. The van der Waals surface area contributed by atoms with Crippen LogP contribution < -0.4 is 5.32 Å². The van der Waals surface area contributed by atoms with E-state index in [2.05, 4.69) is 15.5 Å². The topological polar surface area (TPSA) is 78.0 Å². The van der Waals surface area contributed by atoms with Gasteiger partial charge in [0, 0.05) is 29.5 Å². The third-order valence-electron chi connectivity index (χ3n) is 3.84. The molecule has 0 aliphatic heterocycles. The van der Waals surface area contributed by atoms with Gasteiger partial charge in [-0.2, -0.15) is 5.10 Å². The summed E-state index contributed by atoms with van der Waals surface area (Å²) in [4.78, 5) is 13.4. The molecule has 0 bridgehead atoms. The van der Waals surface area contributed by atoms with Gasteiger partial charge in [0.25, 0.3) is 5.91 Å². The van der Waals surface area contributed by atoms with Crippen molar-refractivity contribution < 1.29 is 14.3 Å². The van der Waals surface area contributed by atoms with Crippen molar-refractivity contribution in [3.63, 3.8) is 0 Å². The van der Waals surface area contributed by atoms with Crippen LogP contribution in [0, 0.1) is 11.7 Å². The molecule has 3 aromatic rings. The Morgan fingerprint density at radius 2 is 2.12 bits per heavy atom. The molecule has 3 rings (SSSR count). The zero-order valence-corrected chi connectivity index (χ0v) is 14.2. The molecule has 0 radical (unpaired) electrons. The number of nitrogens with one attached hydrogen (secondary N) is 2. The van der Waals surface area contributed by atoms with Gasteiger partial charge < -0.3 is 10.4 Å². The molecule has 0 saturated carbocycles. The Hall–Kier alpha value is -2.51. The molecule has 0 unspecified atom stereocenters. The van der Waals surface area contributed by atoms with Crippen LogP contribution in [-0.4, -0.2) is 34.4 Å². The normalized spacial score (nSPS) is 12.1. The maximum absolute atomic E-state index is 13.0. The number of hydrogen-bond acceptors (Lipinski definition) is 4. The average molecular weight is 359 g/mol. The van der Waals surface area contributed by atoms with E-state index in [0.29, 0.717) is 17.9 Å². The summed E-state index contributed by atoms with van der Waals surface area (Å²) in [6.45, 7) is 0.375. The SMILES string of the molecule is O=C(NC[C@@H](CO)Cc1cccs1)c1cc(-c2ccc(F)cc2)n[nH]1. The van der Waals surface area contributed by atoms with Crippen molar-refractivity contribution in [3.8, 4) is 11.3 Å². The fraction of sp³-hybridized carbons (Fsp3) is 0.222. The van der Waals surface area contributed by atoms with Gasteiger partial charge in [0.15, 0.2) is 0 Å². The van der Waals surface area contributed by atoms with E-state index in [4.69, 9.17) is 0 Å². The summed E-state index contributed by atoms with van der Waals surface area (Å²) < 4.78 is 13.0. The molecule has 1 amide bonds. The molecule has 0 saturated heterocycles. The molecule has 7 heteroatoms. The van der Waals surface area contributed by atoms with Crippen molar-refractivity contribution in [3.05, 3.63) is 64.2 Å². The summed E-state index contributed by atoms with van der Waals surface area (Å²) >= 11 is 1.63. The Labute approximate surface area is 148 Å². The van der Waals surface area contributed by atoms with E-state index >= 15 is 0 Å². The number of amides is 1. The molecule has 2 heterocycles. The number of aromatic amines is 1.